The molecule has 0 saturated heterocycles. The smallest absolute Gasteiger partial charge is 0.221 e. The molecule has 0 unspecified atom stereocenters. The van der Waals surface area contributed by atoms with Gasteiger partial charge in [-0.05, 0) is 50.4 Å². The van der Waals surface area contributed by atoms with E-state index in [9.17, 15) is 4.79 Å². The van der Waals surface area contributed by atoms with E-state index in [-0.39, 0.29) is 5.91 Å². The molecule has 4 heteroatoms. The average Bonchev–Trinajstić information content (AvgIpc) is 3.13. The van der Waals surface area contributed by atoms with E-state index in [0.717, 1.165) is 31.6 Å². The van der Waals surface area contributed by atoms with Gasteiger partial charge in [0.25, 0.3) is 0 Å². The Bertz CT molecular complexity index is 331. The second-order valence-electron chi connectivity index (χ2n) is 5.99. The van der Waals surface area contributed by atoms with Crippen LogP contribution in [-0.2, 0) is 4.79 Å². The summed E-state index contributed by atoms with van der Waals surface area (Å²) in [4.78, 5) is 12.5. The highest BCUT2D eigenvalue weighted by atomic mass is 32.1. The van der Waals surface area contributed by atoms with Crippen LogP contribution in [0.3, 0.4) is 0 Å². The minimum Gasteiger partial charge on any atom is -0.391 e. The van der Waals surface area contributed by atoms with Crippen LogP contribution in [0, 0.1) is 11.8 Å². The van der Waals surface area contributed by atoms with Crippen LogP contribution in [0.25, 0.3) is 0 Å². The third kappa shape index (κ3) is 3.22. The van der Waals surface area contributed by atoms with Crippen molar-refractivity contribution in [2.24, 2.45) is 17.6 Å². The summed E-state index contributed by atoms with van der Waals surface area (Å²) in [6.45, 7) is 2.23. The summed E-state index contributed by atoms with van der Waals surface area (Å²) in [7, 11) is 0. The maximum absolute atomic E-state index is 12.0. The summed E-state index contributed by atoms with van der Waals surface area (Å²) in [5.41, 5.74) is 5.50. The lowest BCUT2D eigenvalue weighted by Gasteiger charge is -2.40. The molecule has 2 rings (SSSR count). The van der Waals surface area contributed by atoms with Crippen molar-refractivity contribution in [3.63, 3.8) is 0 Å². The van der Waals surface area contributed by atoms with E-state index >= 15 is 0 Å². The fourth-order valence-corrected chi connectivity index (χ4v) is 3.17. The molecule has 1 amide bonds. The summed E-state index contributed by atoms with van der Waals surface area (Å²) in [5, 5.41) is 3.14. The zero-order valence-electron chi connectivity index (χ0n) is 11.2. The van der Waals surface area contributed by atoms with Crippen LogP contribution < -0.4 is 11.1 Å². The highest BCUT2D eigenvalue weighted by Gasteiger charge is 2.39. The summed E-state index contributed by atoms with van der Waals surface area (Å²) in [6, 6.07) is 0. The van der Waals surface area contributed by atoms with Gasteiger partial charge in [-0.3, -0.25) is 4.79 Å². The van der Waals surface area contributed by atoms with Crippen LogP contribution in [-0.4, -0.2) is 16.4 Å². The van der Waals surface area contributed by atoms with Gasteiger partial charge in [0.05, 0.1) is 10.5 Å². The Morgan fingerprint density at radius 3 is 2.33 bits per heavy atom. The molecule has 0 aromatic carbocycles. The Kier molecular flexibility index (Phi) is 4.25. The van der Waals surface area contributed by atoms with Crippen molar-refractivity contribution >= 4 is 23.1 Å². The minimum atomic E-state index is -0.396. The Hall–Kier alpha value is -0.640. The van der Waals surface area contributed by atoms with Gasteiger partial charge in [0, 0.05) is 6.42 Å². The van der Waals surface area contributed by atoms with E-state index in [1.807, 2.05) is 0 Å². The molecule has 0 spiro atoms. The molecular formula is C14H24N2OS. The van der Waals surface area contributed by atoms with E-state index in [1.54, 1.807) is 0 Å². The van der Waals surface area contributed by atoms with Crippen molar-refractivity contribution in [1.82, 2.24) is 5.32 Å². The van der Waals surface area contributed by atoms with Gasteiger partial charge in [-0.15, -0.1) is 0 Å². The van der Waals surface area contributed by atoms with Crippen LogP contribution in [0.4, 0.5) is 0 Å². The standard InChI is InChI=1S/C14H24N2OS/c1-2-10-5-7-14(8-6-10,13(15)18)16-12(17)9-11-3-4-11/h10-11H,2-9H2,1H3,(H2,15,18)(H,16,17). The Morgan fingerprint density at radius 1 is 1.28 bits per heavy atom. The second kappa shape index (κ2) is 5.55. The maximum atomic E-state index is 12.0. The molecule has 2 aliphatic rings. The van der Waals surface area contributed by atoms with Gasteiger partial charge >= 0.3 is 0 Å². The molecular weight excluding hydrogens is 244 g/mol. The van der Waals surface area contributed by atoms with E-state index in [4.69, 9.17) is 18.0 Å². The molecule has 2 fully saturated rings. The van der Waals surface area contributed by atoms with Crippen molar-refractivity contribution in [1.29, 1.82) is 0 Å². The number of thiocarbonyl (C=S) groups is 1. The predicted molar refractivity (Wildman–Crippen MR) is 77.2 cm³/mol. The third-order valence-corrected chi connectivity index (χ3v) is 4.95. The Morgan fingerprint density at radius 2 is 1.89 bits per heavy atom. The molecule has 2 saturated carbocycles. The summed E-state index contributed by atoms with van der Waals surface area (Å²) in [5.74, 6) is 1.52. The number of carbonyl (C=O) groups excluding carboxylic acids is 1. The number of amides is 1. The highest BCUT2D eigenvalue weighted by molar-refractivity contribution is 7.80. The number of nitrogens with one attached hydrogen (secondary N) is 1. The summed E-state index contributed by atoms with van der Waals surface area (Å²) >= 11 is 5.21. The number of hydrogen-bond acceptors (Lipinski definition) is 2. The molecule has 0 atom stereocenters. The molecule has 0 aromatic rings. The normalized spacial score (nSPS) is 31.9. The minimum absolute atomic E-state index is 0.139. The molecule has 0 bridgehead atoms. The number of hydrogen-bond donors (Lipinski definition) is 2. The Balaban J connectivity index is 1.94. The number of nitrogens with two attached hydrogens (primary N) is 1. The first-order valence-corrected chi connectivity index (χ1v) is 7.57. The first-order valence-electron chi connectivity index (χ1n) is 7.16. The number of rotatable bonds is 5. The first-order chi connectivity index (χ1) is 8.55. The van der Waals surface area contributed by atoms with Gasteiger partial charge in [0.15, 0.2) is 0 Å². The van der Waals surface area contributed by atoms with Crippen LogP contribution in [0.1, 0.15) is 58.3 Å². The zero-order chi connectivity index (χ0) is 13.2. The van der Waals surface area contributed by atoms with Crippen molar-refractivity contribution in [2.45, 2.75) is 63.8 Å². The fourth-order valence-electron chi connectivity index (χ4n) is 2.91. The van der Waals surface area contributed by atoms with Crippen molar-refractivity contribution < 1.29 is 4.79 Å². The largest absolute Gasteiger partial charge is 0.391 e. The fraction of sp³-hybridized carbons (Fsp3) is 0.857. The maximum Gasteiger partial charge on any atom is 0.221 e. The molecule has 3 nitrogen and oxygen atoms in total. The van der Waals surface area contributed by atoms with Gasteiger partial charge in [0.1, 0.15) is 0 Å². The SMILES string of the molecule is CCC1CCC(NC(=O)CC2CC2)(C(N)=S)CC1. The molecule has 0 aromatic heterocycles. The zero-order valence-corrected chi connectivity index (χ0v) is 12.0. The first kappa shape index (κ1) is 13.8. The third-order valence-electron chi connectivity index (χ3n) is 4.56. The molecule has 0 heterocycles. The van der Waals surface area contributed by atoms with Gasteiger partial charge in [-0.2, -0.15) is 0 Å². The van der Waals surface area contributed by atoms with Crippen molar-refractivity contribution in [3.05, 3.63) is 0 Å². The molecule has 0 radical (unpaired) electrons. The van der Waals surface area contributed by atoms with Crippen LogP contribution in [0.2, 0.25) is 0 Å². The monoisotopic (exact) mass is 268 g/mol. The van der Waals surface area contributed by atoms with Crippen LogP contribution in [0.15, 0.2) is 0 Å². The number of carbonyl (C=O) groups is 1. The van der Waals surface area contributed by atoms with Crippen molar-refractivity contribution in [3.8, 4) is 0 Å². The highest BCUT2D eigenvalue weighted by Crippen LogP contribution is 2.36. The lowest BCUT2D eigenvalue weighted by molar-refractivity contribution is -0.123. The van der Waals surface area contributed by atoms with Crippen LogP contribution >= 0.6 is 12.2 Å². The van der Waals surface area contributed by atoms with Crippen LogP contribution in [0.5, 0.6) is 0 Å². The quantitative estimate of drug-likeness (QED) is 0.753. The summed E-state index contributed by atoms with van der Waals surface area (Å²) in [6.07, 6.45) is 8.34. The van der Waals surface area contributed by atoms with Gasteiger partial charge < -0.3 is 11.1 Å². The van der Waals surface area contributed by atoms with Crippen molar-refractivity contribution in [2.75, 3.05) is 0 Å². The lowest BCUT2D eigenvalue weighted by atomic mass is 9.75. The van der Waals surface area contributed by atoms with Gasteiger partial charge in [-0.25, -0.2) is 0 Å². The molecule has 2 aliphatic carbocycles. The molecule has 18 heavy (non-hydrogen) atoms. The van der Waals surface area contributed by atoms with Gasteiger partial charge in [0.2, 0.25) is 5.91 Å². The van der Waals surface area contributed by atoms with E-state index in [0.29, 0.717) is 17.3 Å². The predicted octanol–water partition coefficient (Wildman–Crippen LogP) is 2.53. The molecule has 102 valence electrons. The average molecular weight is 268 g/mol. The van der Waals surface area contributed by atoms with E-state index in [2.05, 4.69) is 12.2 Å². The molecule has 3 N–H and O–H groups in total. The summed E-state index contributed by atoms with van der Waals surface area (Å²) < 4.78 is 0. The Labute approximate surface area is 115 Å². The van der Waals surface area contributed by atoms with E-state index in [1.165, 1.54) is 19.3 Å². The lowest BCUT2D eigenvalue weighted by Crippen LogP contribution is -2.58. The van der Waals surface area contributed by atoms with Gasteiger partial charge in [-0.1, -0.05) is 25.6 Å². The molecule has 0 aliphatic heterocycles. The topological polar surface area (TPSA) is 55.1 Å². The second-order valence-corrected chi connectivity index (χ2v) is 6.43. The van der Waals surface area contributed by atoms with E-state index < -0.39 is 5.54 Å².